The fourth-order valence-electron chi connectivity index (χ4n) is 3.04. The number of nitrogens with one attached hydrogen (secondary N) is 1. The molecule has 3 rings (SSSR count). The normalized spacial score (nSPS) is 29.0. The summed E-state index contributed by atoms with van der Waals surface area (Å²) < 4.78 is 27.9. The Hall–Kier alpha value is -0.650. The molecule has 1 aromatic carbocycles. The minimum absolute atomic E-state index is 0.328. The summed E-state index contributed by atoms with van der Waals surface area (Å²) in [6.07, 6.45) is 6.83. The molecule has 2 aliphatic carbocycles. The van der Waals surface area contributed by atoms with Crippen molar-refractivity contribution in [1.82, 2.24) is 4.72 Å². The second-order valence-electron chi connectivity index (χ2n) is 5.35. The Morgan fingerprint density at radius 3 is 2.47 bits per heavy atom. The van der Waals surface area contributed by atoms with E-state index in [9.17, 15) is 8.42 Å². The lowest BCUT2D eigenvalue weighted by Crippen LogP contribution is -2.31. The van der Waals surface area contributed by atoms with Crippen LogP contribution in [0, 0.1) is 17.8 Å². The SMILES string of the molecule is O=S(=O)(NC[C@@H]1C[C@H]2C=C[C@H]1C2)c1ccc(Br)cc1. The van der Waals surface area contributed by atoms with E-state index < -0.39 is 10.0 Å². The van der Waals surface area contributed by atoms with E-state index in [1.165, 1.54) is 6.42 Å². The summed E-state index contributed by atoms with van der Waals surface area (Å²) in [6, 6.07) is 6.73. The third-order valence-electron chi connectivity index (χ3n) is 4.08. The van der Waals surface area contributed by atoms with Gasteiger partial charge < -0.3 is 0 Å². The van der Waals surface area contributed by atoms with Gasteiger partial charge in [0.2, 0.25) is 10.0 Å². The van der Waals surface area contributed by atoms with Crippen molar-refractivity contribution in [1.29, 1.82) is 0 Å². The van der Waals surface area contributed by atoms with Crippen LogP contribution in [0.3, 0.4) is 0 Å². The number of halogens is 1. The van der Waals surface area contributed by atoms with Crippen molar-refractivity contribution in [2.45, 2.75) is 17.7 Å². The molecule has 0 unspecified atom stereocenters. The Balaban J connectivity index is 1.66. The third-order valence-corrected chi connectivity index (χ3v) is 6.04. The Kier molecular flexibility index (Phi) is 3.53. The van der Waals surface area contributed by atoms with E-state index >= 15 is 0 Å². The zero-order chi connectivity index (χ0) is 13.5. The predicted molar refractivity (Wildman–Crippen MR) is 78.2 cm³/mol. The number of allylic oxidation sites excluding steroid dienone is 2. The van der Waals surface area contributed by atoms with Crippen LogP contribution in [0.4, 0.5) is 0 Å². The monoisotopic (exact) mass is 341 g/mol. The summed E-state index contributed by atoms with van der Waals surface area (Å²) in [7, 11) is -3.38. The average Bonchev–Trinajstić information content (AvgIpc) is 2.99. The van der Waals surface area contributed by atoms with Crippen LogP contribution < -0.4 is 4.72 Å². The van der Waals surface area contributed by atoms with Crippen molar-refractivity contribution >= 4 is 26.0 Å². The van der Waals surface area contributed by atoms with Crippen LogP contribution in [-0.4, -0.2) is 15.0 Å². The van der Waals surface area contributed by atoms with E-state index in [1.54, 1.807) is 24.3 Å². The maximum Gasteiger partial charge on any atom is 0.240 e. The molecule has 0 amide bonds. The molecule has 5 heteroatoms. The van der Waals surface area contributed by atoms with E-state index in [2.05, 4.69) is 32.8 Å². The average molecular weight is 342 g/mol. The molecule has 1 aromatic rings. The van der Waals surface area contributed by atoms with Gasteiger partial charge in [0.25, 0.3) is 0 Å². The molecular formula is C14H16BrNO2S. The summed E-state index contributed by atoms with van der Waals surface area (Å²) in [5.41, 5.74) is 0. The van der Waals surface area contributed by atoms with Crippen molar-refractivity contribution in [3.8, 4) is 0 Å². The van der Waals surface area contributed by atoms with Gasteiger partial charge in [-0.25, -0.2) is 13.1 Å². The number of hydrogen-bond donors (Lipinski definition) is 1. The Morgan fingerprint density at radius 2 is 1.89 bits per heavy atom. The summed E-state index contributed by atoms with van der Waals surface area (Å²) in [5.74, 6) is 1.70. The van der Waals surface area contributed by atoms with Crippen LogP contribution in [0.2, 0.25) is 0 Å². The number of hydrogen-bond acceptors (Lipinski definition) is 2. The molecule has 2 aliphatic rings. The van der Waals surface area contributed by atoms with E-state index in [-0.39, 0.29) is 0 Å². The maximum atomic E-state index is 12.2. The third kappa shape index (κ3) is 2.78. The van der Waals surface area contributed by atoms with Gasteiger partial charge in [-0.1, -0.05) is 28.1 Å². The van der Waals surface area contributed by atoms with Crippen LogP contribution in [0.15, 0.2) is 45.8 Å². The van der Waals surface area contributed by atoms with E-state index in [0.29, 0.717) is 29.2 Å². The number of sulfonamides is 1. The van der Waals surface area contributed by atoms with Crippen molar-refractivity contribution in [3.63, 3.8) is 0 Å². The smallest absolute Gasteiger partial charge is 0.211 e. The second-order valence-corrected chi connectivity index (χ2v) is 8.03. The van der Waals surface area contributed by atoms with Gasteiger partial charge in [-0.3, -0.25) is 0 Å². The molecule has 0 heterocycles. The molecule has 3 nitrogen and oxygen atoms in total. The fourth-order valence-corrected chi connectivity index (χ4v) is 4.40. The summed E-state index contributed by atoms with van der Waals surface area (Å²) in [4.78, 5) is 0.328. The van der Waals surface area contributed by atoms with Crippen LogP contribution in [-0.2, 0) is 10.0 Å². The summed E-state index contributed by atoms with van der Waals surface area (Å²) >= 11 is 3.30. The Bertz CT molecular complexity index is 594. The van der Waals surface area contributed by atoms with Crippen molar-refractivity contribution in [2.24, 2.45) is 17.8 Å². The molecule has 1 N–H and O–H groups in total. The lowest BCUT2D eigenvalue weighted by molar-refractivity contribution is 0.440. The molecule has 1 fully saturated rings. The first-order valence-electron chi connectivity index (χ1n) is 6.48. The quantitative estimate of drug-likeness (QED) is 0.856. The molecule has 102 valence electrons. The molecule has 1 saturated carbocycles. The molecule has 0 spiro atoms. The topological polar surface area (TPSA) is 46.2 Å². The minimum atomic E-state index is -3.38. The van der Waals surface area contributed by atoms with Gasteiger partial charge in [-0.15, -0.1) is 0 Å². The van der Waals surface area contributed by atoms with Crippen LogP contribution >= 0.6 is 15.9 Å². The van der Waals surface area contributed by atoms with Gasteiger partial charge in [-0.2, -0.15) is 0 Å². The predicted octanol–water partition coefficient (Wildman–Crippen LogP) is 2.94. The van der Waals surface area contributed by atoms with Crippen molar-refractivity contribution in [3.05, 3.63) is 40.9 Å². The van der Waals surface area contributed by atoms with Crippen LogP contribution in [0.25, 0.3) is 0 Å². The molecule has 0 saturated heterocycles. The molecule has 0 aliphatic heterocycles. The highest BCUT2D eigenvalue weighted by atomic mass is 79.9. The molecule has 0 radical (unpaired) electrons. The van der Waals surface area contributed by atoms with E-state index in [0.717, 1.165) is 10.9 Å². The Morgan fingerprint density at radius 1 is 1.16 bits per heavy atom. The van der Waals surface area contributed by atoms with Gasteiger partial charge in [0, 0.05) is 11.0 Å². The van der Waals surface area contributed by atoms with Gasteiger partial charge in [0.05, 0.1) is 4.90 Å². The van der Waals surface area contributed by atoms with Crippen molar-refractivity contribution < 1.29 is 8.42 Å². The molecule has 3 atom stereocenters. The molecular weight excluding hydrogens is 326 g/mol. The van der Waals surface area contributed by atoms with Gasteiger partial charge in [0.1, 0.15) is 0 Å². The first kappa shape index (κ1) is 13.3. The largest absolute Gasteiger partial charge is 0.240 e. The van der Waals surface area contributed by atoms with Gasteiger partial charge >= 0.3 is 0 Å². The highest BCUT2D eigenvalue weighted by Gasteiger charge is 2.35. The number of benzene rings is 1. The van der Waals surface area contributed by atoms with Crippen LogP contribution in [0.1, 0.15) is 12.8 Å². The first-order valence-corrected chi connectivity index (χ1v) is 8.76. The highest BCUT2D eigenvalue weighted by Crippen LogP contribution is 2.43. The van der Waals surface area contributed by atoms with Crippen molar-refractivity contribution in [2.75, 3.05) is 6.54 Å². The van der Waals surface area contributed by atoms with Gasteiger partial charge in [-0.05, 0) is 54.9 Å². The lowest BCUT2D eigenvalue weighted by atomic mass is 9.94. The molecule has 2 bridgehead atoms. The van der Waals surface area contributed by atoms with E-state index in [4.69, 9.17) is 0 Å². The minimum Gasteiger partial charge on any atom is -0.211 e. The fraction of sp³-hybridized carbons (Fsp3) is 0.429. The van der Waals surface area contributed by atoms with E-state index in [1.807, 2.05) is 0 Å². The number of rotatable bonds is 4. The zero-order valence-electron chi connectivity index (χ0n) is 10.4. The lowest BCUT2D eigenvalue weighted by Gasteiger charge is -2.18. The maximum absolute atomic E-state index is 12.2. The standard InChI is InChI=1S/C14H16BrNO2S/c15-13-3-5-14(6-4-13)19(17,18)16-9-12-8-10-1-2-11(12)7-10/h1-6,10-12,16H,7-9H2/t10-,11-,12-/m0/s1. The summed E-state index contributed by atoms with van der Waals surface area (Å²) in [5, 5.41) is 0. The molecule has 0 aromatic heterocycles. The second kappa shape index (κ2) is 5.04. The molecule has 19 heavy (non-hydrogen) atoms. The van der Waals surface area contributed by atoms with Crippen LogP contribution in [0.5, 0.6) is 0 Å². The first-order chi connectivity index (χ1) is 9.04. The zero-order valence-corrected chi connectivity index (χ0v) is 12.8. The number of fused-ring (bicyclic) bond motifs is 2. The highest BCUT2D eigenvalue weighted by molar-refractivity contribution is 9.10. The summed E-state index contributed by atoms with van der Waals surface area (Å²) in [6.45, 7) is 0.546. The van der Waals surface area contributed by atoms with Gasteiger partial charge in [0.15, 0.2) is 0 Å². The Labute approximate surface area is 122 Å².